The van der Waals surface area contributed by atoms with Crippen LogP contribution in [0.5, 0.6) is 5.75 Å². The van der Waals surface area contributed by atoms with E-state index in [2.05, 4.69) is 10.2 Å². The number of carbonyl (C=O) groups excluding carboxylic acids is 1. The Balaban J connectivity index is 1.77. The van der Waals surface area contributed by atoms with Crippen molar-refractivity contribution in [2.75, 3.05) is 26.8 Å². The number of ether oxygens (including phenoxy) is 2. The number of aryl methyl sites for hydroxylation is 1. The summed E-state index contributed by atoms with van der Waals surface area (Å²) >= 11 is 1.15. The van der Waals surface area contributed by atoms with E-state index in [0.29, 0.717) is 39.8 Å². The Morgan fingerprint density at radius 3 is 2.49 bits per heavy atom. The van der Waals surface area contributed by atoms with E-state index in [1.165, 1.54) is 47.1 Å². The highest BCUT2D eigenvalue weighted by Gasteiger charge is 2.39. The van der Waals surface area contributed by atoms with E-state index in [4.69, 9.17) is 9.47 Å². The summed E-state index contributed by atoms with van der Waals surface area (Å²) in [6.45, 7) is 7.23. The van der Waals surface area contributed by atoms with Gasteiger partial charge in [-0.05, 0) is 58.7 Å². The lowest BCUT2D eigenvalue weighted by atomic mass is 10.0. The normalized spacial score (nSPS) is 15.3. The Kier molecular flexibility index (Phi) is 8.54. The maximum atomic E-state index is 14.5. The molecule has 2 unspecified atom stereocenters. The third-order valence-corrected chi connectivity index (χ3v) is 8.97. The van der Waals surface area contributed by atoms with Gasteiger partial charge in [0.1, 0.15) is 33.0 Å². The molecule has 43 heavy (non-hydrogen) atoms. The smallest absolute Gasteiger partial charge is 0.333 e. The third-order valence-electron chi connectivity index (χ3n) is 7.69. The molecular formula is C29H35FN6O6S. The van der Waals surface area contributed by atoms with Crippen LogP contribution in [0.1, 0.15) is 50.8 Å². The number of methoxy groups -OCH3 is 1. The Morgan fingerprint density at radius 1 is 1.19 bits per heavy atom. The molecule has 3 aromatic heterocycles. The summed E-state index contributed by atoms with van der Waals surface area (Å²) in [5, 5.41) is 19.2. The van der Waals surface area contributed by atoms with E-state index in [0.717, 1.165) is 28.7 Å². The zero-order chi connectivity index (χ0) is 31.1. The van der Waals surface area contributed by atoms with Gasteiger partial charge in [0.25, 0.3) is 5.56 Å². The Bertz CT molecular complexity index is 1750. The summed E-state index contributed by atoms with van der Waals surface area (Å²) in [6, 6.07) is 3.96. The number of aliphatic hydroxyl groups is 1. The van der Waals surface area contributed by atoms with Gasteiger partial charge < -0.3 is 19.5 Å². The van der Waals surface area contributed by atoms with Gasteiger partial charge in [-0.1, -0.05) is 11.3 Å². The number of hydrogen-bond acceptors (Lipinski definition) is 9. The second-order valence-corrected chi connectivity index (χ2v) is 12.2. The zero-order valence-corrected chi connectivity index (χ0v) is 25.6. The predicted octanol–water partition coefficient (Wildman–Crippen LogP) is 2.76. The van der Waals surface area contributed by atoms with Crippen LogP contribution in [0.25, 0.3) is 15.2 Å². The Hall–Kier alpha value is -3.88. The minimum Gasteiger partial charge on any atom is -0.496 e. The maximum absolute atomic E-state index is 14.5. The molecule has 4 heterocycles. The second kappa shape index (κ2) is 12.0. The highest BCUT2D eigenvalue weighted by Crippen LogP contribution is 2.34. The molecule has 1 saturated heterocycles. The second-order valence-electron chi connectivity index (χ2n) is 11.2. The molecule has 0 spiro atoms. The van der Waals surface area contributed by atoms with Crippen molar-refractivity contribution in [3.05, 3.63) is 68.4 Å². The van der Waals surface area contributed by atoms with Crippen LogP contribution in [0.15, 0.2) is 40.2 Å². The molecular weight excluding hydrogens is 579 g/mol. The van der Waals surface area contributed by atoms with Crippen molar-refractivity contribution < 1.29 is 23.8 Å². The molecule has 1 aliphatic rings. The maximum Gasteiger partial charge on any atom is 0.333 e. The van der Waals surface area contributed by atoms with E-state index in [1.807, 2.05) is 0 Å². The van der Waals surface area contributed by atoms with Gasteiger partial charge in [0.2, 0.25) is 5.91 Å². The topological polar surface area (TPSA) is 134 Å². The number of fused-ring (bicyclic) bond motifs is 1. The summed E-state index contributed by atoms with van der Waals surface area (Å²) in [6.07, 6.45) is 2.87. The van der Waals surface area contributed by atoms with E-state index >= 15 is 0 Å². The standard InChI is InChI=1S/C29H35FN6O6S/c1-17(37)16-42-22(20-14-19(30)8-9-21(20)41-5)15-34-26-23(18(2)25(43-26)36-31-10-11-32-36)24(38)35(28(34)40)29(3,4)27(39)33-12-6-7-13-33/h8-11,14,17,22,37H,6-7,12-13,15-16H2,1-5H3. The molecule has 1 N–H and O–H groups in total. The van der Waals surface area contributed by atoms with E-state index in [9.17, 15) is 23.9 Å². The Labute approximate surface area is 250 Å². The number of halogens is 1. The summed E-state index contributed by atoms with van der Waals surface area (Å²) < 4.78 is 28.4. The first-order valence-electron chi connectivity index (χ1n) is 14.0. The number of amides is 1. The highest BCUT2D eigenvalue weighted by atomic mass is 32.1. The monoisotopic (exact) mass is 614 g/mol. The first kappa shape index (κ1) is 30.6. The van der Waals surface area contributed by atoms with Gasteiger partial charge in [0.15, 0.2) is 0 Å². The number of benzene rings is 1. The van der Waals surface area contributed by atoms with Crippen molar-refractivity contribution in [2.45, 2.75) is 64.8 Å². The number of likely N-dealkylation sites (tertiary alicyclic amines) is 1. The first-order valence-corrected chi connectivity index (χ1v) is 14.9. The first-order chi connectivity index (χ1) is 20.4. The van der Waals surface area contributed by atoms with Crippen molar-refractivity contribution in [1.82, 2.24) is 29.0 Å². The summed E-state index contributed by atoms with van der Waals surface area (Å²) in [7, 11) is 1.44. The van der Waals surface area contributed by atoms with Crippen LogP contribution in [-0.4, -0.2) is 73.0 Å². The van der Waals surface area contributed by atoms with E-state index < -0.39 is 34.8 Å². The lowest BCUT2D eigenvalue weighted by Crippen LogP contribution is -2.56. The minimum atomic E-state index is -1.51. The third kappa shape index (κ3) is 5.61. The molecule has 1 aliphatic heterocycles. The lowest BCUT2D eigenvalue weighted by Gasteiger charge is -2.31. The SMILES string of the molecule is COc1ccc(F)cc1C(Cn1c(=O)n(C(C)(C)C(=O)N2CCCC2)c(=O)c2c(C)c(-n3nccn3)sc21)OCC(C)O. The molecule has 1 aromatic carbocycles. The van der Waals surface area contributed by atoms with Crippen LogP contribution in [0.3, 0.4) is 0 Å². The van der Waals surface area contributed by atoms with Gasteiger partial charge >= 0.3 is 5.69 Å². The van der Waals surface area contributed by atoms with Gasteiger partial charge in [-0.25, -0.2) is 13.8 Å². The molecule has 0 saturated carbocycles. The number of hydrogen-bond donors (Lipinski definition) is 1. The van der Waals surface area contributed by atoms with Crippen molar-refractivity contribution in [3.8, 4) is 10.8 Å². The fraction of sp³-hybridized carbons (Fsp3) is 0.483. The number of aromatic nitrogens is 5. The van der Waals surface area contributed by atoms with Gasteiger partial charge in [-0.2, -0.15) is 10.2 Å². The van der Waals surface area contributed by atoms with Crippen LogP contribution in [-0.2, 0) is 21.6 Å². The zero-order valence-electron chi connectivity index (χ0n) is 24.7. The highest BCUT2D eigenvalue weighted by molar-refractivity contribution is 7.21. The summed E-state index contributed by atoms with van der Waals surface area (Å²) in [5.41, 5.74) is -1.99. The number of rotatable bonds is 10. The van der Waals surface area contributed by atoms with Crippen molar-refractivity contribution in [1.29, 1.82) is 0 Å². The van der Waals surface area contributed by atoms with E-state index in [-0.39, 0.29) is 24.4 Å². The fourth-order valence-electron chi connectivity index (χ4n) is 5.52. The minimum absolute atomic E-state index is 0.118. The van der Waals surface area contributed by atoms with Gasteiger partial charge in [-0.15, -0.1) is 4.80 Å². The van der Waals surface area contributed by atoms with Crippen LogP contribution in [0.4, 0.5) is 4.39 Å². The molecule has 12 nitrogen and oxygen atoms in total. The molecule has 14 heteroatoms. The molecule has 2 atom stereocenters. The number of carbonyl (C=O) groups is 1. The average molecular weight is 615 g/mol. The molecule has 0 aliphatic carbocycles. The lowest BCUT2D eigenvalue weighted by molar-refractivity contribution is -0.138. The molecule has 0 bridgehead atoms. The van der Waals surface area contributed by atoms with Crippen LogP contribution in [0.2, 0.25) is 0 Å². The number of aliphatic hydroxyl groups excluding tert-OH is 1. The van der Waals surface area contributed by atoms with E-state index in [1.54, 1.807) is 32.6 Å². The molecule has 1 fully saturated rings. The summed E-state index contributed by atoms with van der Waals surface area (Å²) in [5.74, 6) is -0.547. The van der Waals surface area contributed by atoms with Crippen LogP contribution in [0, 0.1) is 12.7 Å². The van der Waals surface area contributed by atoms with Crippen molar-refractivity contribution in [3.63, 3.8) is 0 Å². The van der Waals surface area contributed by atoms with Gasteiger partial charge in [0.05, 0.1) is 44.1 Å². The number of nitrogens with zero attached hydrogens (tertiary/aromatic N) is 6. The number of thiophene rings is 1. The Morgan fingerprint density at radius 2 is 1.86 bits per heavy atom. The van der Waals surface area contributed by atoms with Crippen LogP contribution >= 0.6 is 11.3 Å². The molecule has 1 amide bonds. The average Bonchev–Trinajstić information content (AvgIpc) is 3.74. The van der Waals surface area contributed by atoms with Gasteiger partial charge in [-0.3, -0.25) is 14.2 Å². The summed E-state index contributed by atoms with van der Waals surface area (Å²) in [4.78, 5) is 45.7. The molecule has 4 aromatic rings. The predicted molar refractivity (Wildman–Crippen MR) is 158 cm³/mol. The quantitative estimate of drug-likeness (QED) is 0.288. The largest absolute Gasteiger partial charge is 0.496 e. The van der Waals surface area contributed by atoms with Crippen molar-refractivity contribution in [2.24, 2.45) is 0 Å². The van der Waals surface area contributed by atoms with Crippen molar-refractivity contribution >= 4 is 27.5 Å². The van der Waals surface area contributed by atoms with Gasteiger partial charge in [0, 0.05) is 24.2 Å². The van der Waals surface area contributed by atoms with Crippen LogP contribution < -0.4 is 16.0 Å². The molecule has 5 rings (SSSR count). The molecule has 230 valence electrons. The molecule has 0 radical (unpaired) electrons. The fourth-order valence-corrected chi connectivity index (χ4v) is 6.74.